The summed E-state index contributed by atoms with van der Waals surface area (Å²) in [5.74, 6) is 0. The Labute approximate surface area is 144 Å². The number of benzene rings is 1. The number of nitrogens with one attached hydrogen (secondary N) is 3. The van der Waals surface area contributed by atoms with Crippen LogP contribution in [-0.2, 0) is 16.3 Å². The Morgan fingerprint density at radius 3 is 2.58 bits per heavy atom. The first-order valence-electron chi connectivity index (χ1n) is 8.00. The van der Waals surface area contributed by atoms with Gasteiger partial charge in [-0.05, 0) is 43.5 Å². The average Bonchev–Trinajstić information content (AvgIpc) is 2.83. The van der Waals surface area contributed by atoms with Crippen LogP contribution >= 0.6 is 11.6 Å². The molecular formula is C16H18ClN3O3S. The minimum Gasteiger partial charge on any atom is -0.306 e. The third-order valence-electron chi connectivity index (χ3n) is 5.04. The largest absolute Gasteiger partial charge is 0.306 e. The summed E-state index contributed by atoms with van der Waals surface area (Å²) in [5, 5.41) is 9.07. The van der Waals surface area contributed by atoms with Gasteiger partial charge in [-0.3, -0.25) is 9.89 Å². The Bertz CT molecular complexity index is 917. The quantitative estimate of drug-likeness (QED) is 0.756. The van der Waals surface area contributed by atoms with Crippen molar-refractivity contribution >= 4 is 21.4 Å². The van der Waals surface area contributed by atoms with Crippen LogP contribution in [-0.4, -0.2) is 29.9 Å². The van der Waals surface area contributed by atoms with Gasteiger partial charge in [0.25, 0.3) is 5.56 Å². The van der Waals surface area contributed by atoms with E-state index in [1.165, 1.54) is 0 Å². The topological polar surface area (TPSA) is 94.8 Å². The van der Waals surface area contributed by atoms with E-state index in [9.17, 15) is 13.2 Å². The van der Waals surface area contributed by atoms with Gasteiger partial charge in [0.15, 0.2) is 9.84 Å². The fourth-order valence-corrected chi connectivity index (χ4v) is 5.83. The summed E-state index contributed by atoms with van der Waals surface area (Å²) in [5.41, 5.74) is 1.52. The molecule has 0 amide bonds. The smallest absolute Gasteiger partial charge is 0.268 e. The average molecular weight is 368 g/mol. The first kappa shape index (κ1) is 15.9. The van der Waals surface area contributed by atoms with E-state index in [2.05, 4.69) is 15.5 Å². The van der Waals surface area contributed by atoms with Crippen LogP contribution in [0.25, 0.3) is 0 Å². The van der Waals surface area contributed by atoms with E-state index >= 15 is 0 Å². The third-order valence-corrected chi connectivity index (χ3v) is 7.53. The second kappa shape index (κ2) is 5.75. The van der Waals surface area contributed by atoms with Crippen LogP contribution in [0.4, 0.5) is 0 Å². The Morgan fingerprint density at radius 2 is 1.83 bits per heavy atom. The van der Waals surface area contributed by atoms with Crippen LogP contribution in [0.15, 0.2) is 34.0 Å². The zero-order chi connectivity index (χ0) is 16.9. The van der Waals surface area contributed by atoms with Crippen LogP contribution in [0.2, 0.25) is 5.02 Å². The highest BCUT2D eigenvalue weighted by Crippen LogP contribution is 2.35. The molecule has 128 valence electrons. The van der Waals surface area contributed by atoms with E-state index in [1.54, 1.807) is 24.3 Å². The highest BCUT2D eigenvalue weighted by molar-refractivity contribution is 7.92. The van der Waals surface area contributed by atoms with Crippen molar-refractivity contribution in [3.63, 3.8) is 0 Å². The van der Waals surface area contributed by atoms with Crippen molar-refractivity contribution < 1.29 is 8.42 Å². The highest BCUT2D eigenvalue weighted by atomic mass is 35.5. The van der Waals surface area contributed by atoms with Crippen LogP contribution in [0.5, 0.6) is 0 Å². The SMILES string of the molecule is O=c1[nH][nH]c2c1C1CCC(S(=O)(=O)c3ccc(Cl)cc3)CC(C2)N1. The van der Waals surface area contributed by atoms with Gasteiger partial charge in [-0.2, -0.15) is 0 Å². The molecule has 0 spiro atoms. The molecule has 2 aromatic rings. The van der Waals surface area contributed by atoms with E-state index in [-0.39, 0.29) is 17.6 Å². The third kappa shape index (κ3) is 2.60. The maximum atomic E-state index is 13.0. The Hall–Kier alpha value is -1.57. The molecule has 0 saturated carbocycles. The lowest BCUT2D eigenvalue weighted by Gasteiger charge is -2.27. The molecule has 0 aliphatic carbocycles. The van der Waals surface area contributed by atoms with Crippen LogP contribution in [0, 0.1) is 0 Å². The lowest BCUT2D eigenvalue weighted by Crippen LogP contribution is -2.40. The number of sulfone groups is 1. The Balaban J connectivity index is 1.64. The second-order valence-corrected chi connectivity index (χ2v) is 9.19. The maximum absolute atomic E-state index is 13.0. The number of hydrogen-bond donors (Lipinski definition) is 3. The van der Waals surface area contributed by atoms with Gasteiger partial charge in [0, 0.05) is 29.2 Å². The molecule has 6 nitrogen and oxygen atoms in total. The number of halogens is 1. The number of fused-ring (bicyclic) bond motifs is 4. The zero-order valence-electron chi connectivity index (χ0n) is 12.9. The van der Waals surface area contributed by atoms with Crippen molar-refractivity contribution in [2.45, 2.75) is 47.9 Å². The number of rotatable bonds is 2. The van der Waals surface area contributed by atoms with Crippen molar-refractivity contribution in [2.24, 2.45) is 0 Å². The molecule has 3 heterocycles. The van der Waals surface area contributed by atoms with Gasteiger partial charge in [-0.1, -0.05) is 11.6 Å². The molecule has 1 aromatic heterocycles. The van der Waals surface area contributed by atoms with Gasteiger partial charge in [0.05, 0.1) is 15.7 Å². The molecular weight excluding hydrogens is 350 g/mol. The summed E-state index contributed by atoms with van der Waals surface area (Å²) >= 11 is 5.86. The van der Waals surface area contributed by atoms with Crippen molar-refractivity contribution in [1.82, 2.24) is 15.5 Å². The molecule has 3 unspecified atom stereocenters. The second-order valence-electron chi connectivity index (χ2n) is 6.53. The van der Waals surface area contributed by atoms with E-state index in [4.69, 9.17) is 11.6 Å². The van der Waals surface area contributed by atoms with E-state index in [0.717, 1.165) is 11.3 Å². The molecule has 8 heteroatoms. The first-order chi connectivity index (χ1) is 11.4. The number of aromatic nitrogens is 2. The summed E-state index contributed by atoms with van der Waals surface area (Å²) in [4.78, 5) is 12.3. The summed E-state index contributed by atoms with van der Waals surface area (Å²) in [6.45, 7) is 0. The molecule has 1 aromatic carbocycles. The van der Waals surface area contributed by atoms with E-state index < -0.39 is 15.1 Å². The lowest BCUT2D eigenvalue weighted by molar-refractivity contribution is 0.403. The normalized spacial score (nSPS) is 26.6. The maximum Gasteiger partial charge on any atom is 0.268 e. The lowest BCUT2D eigenvalue weighted by atomic mass is 9.95. The standard InChI is InChI=1S/C16H18ClN3O3S/c17-9-1-3-11(4-2-9)24(22,23)12-5-6-13-15-14(19-20-16(15)21)8-10(7-12)18-13/h1-4,10,12-13,18H,5-8H2,(H2,19,20,21). The summed E-state index contributed by atoms with van der Waals surface area (Å²) < 4.78 is 25.9. The summed E-state index contributed by atoms with van der Waals surface area (Å²) in [7, 11) is -3.42. The van der Waals surface area contributed by atoms with Crippen molar-refractivity contribution in [3.8, 4) is 0 Å². The molecule has 1 saturated heterocycles. The summed E-state index contributed by atoms with van der Waals surface area (Å²) in [6.07, 6.45) is 2.33. The fraction of sp³-hybridized carbons (Fsp3) is 0.438. The Morgan fingerprint density at radius 1 is 1.08 bits per heavy atom. The monoisotopic (exact) mass is 367 g/mol. The van der Waals surface area contributed by atoms with Gasteiger partial charge < -0.3 is 10.4 Å². The van der Waals surface area contributed by atoms with E-state index in [0.29, 0.717) is 35.6 Å². The molecule has 0 radical (unpaired) electrons. The molecule has 3 atom stereocenters. The van der Waals surface area contributed by atoms with Crippen LogP contribution in [0.1, 0.15) is 36.6 Å². The Kier molecular flexibility index (Phi) is 3.82. The van der Waals surface area contributed by atoms with Crippen LogP contribution < -0.4 is 10.9 Å². The van der Waals surface area contributed by atoms with Gasteiger partial charge in [-0.15, -0.1) is 0 Å². The van der Waals surface area contributed by atoms with Gasteiger partial charge in [0.2, 0.25) is 0 Å². The van der Waals surface area contributed by atoms with Crippen molar-refractivity contribution in [3.05, 3.63) is 50.9 Å². The number of hydrogen-bond acceptors (Lipinski definition) is 4. The van der Waals surface area contributed by atoms with Gasteiger partial charge in [0.1, 0.15) is 0 Å². The van der Waals surface area contributed by atoms with Gasteiger partial charge >= 0.3 is 0 Å². The minimum atomic E-state index is -3.42. The molecule has 24 heavy (non-hydrogen) atoms. The van der Waals surface area contributed by atoms with Crippen molar-refractivity contribution in [1.29, 1.82) is 0 Å². The molecule has 4 rings (SSSR count). The molecule has 3 N–H and O–H groups in total. The molecule has 2 aliphatic heterocycles. The predicted molar refractivity (Wildman–Crippen MR) is 91.1 cm³/mol. The molecule has 2 aliphatic rings. The number of aromatic amines is 2. The van der Waals surface area contributed by atoms with Crippen LogP contribution in [0.3, 0.4) is 0 Å². The first-order valence-corrected chi connectivity index (χ1v) is 9.92. The molecule has 1 fully saturated rings. The highest BCUT2D eigenvalue weighted by Gasteiger charge is 2.39. The van der Waals surface area contributed by atoms with E-state index in [1.807, 2.05) is 0 Å². The minimum absolute atomic E-state index is 0.0449. The zero-order valence-corrected chi connectivity index (χ0v) is 14.5. The fourth-order valence-electron chi connectivity index (χ4n) is 3.87. The van der Waals surface area contributed by atoms with Gasteiger partial charge in [-0.25, -0.2) is 8.42 Å². The van der Waals surface area contributed by atoms with Crippen molar-refractivity contribution in [2.75, 3.05) is 0 Å². The number of H-pyrrole nitrogens is 2. The summed E-state index contributed by atoms with van der Waals surface area (Å²) in [6, 6.07) is 6.30. The molecule has 2 bridgehead atoms. The predicted octanol–water partition coefficient (Wildman–Crippen LogP) is 1.94.